The quantitative estimate of drug-likeness (QED) is 0.316. The van der Waals surface area contributed by atoms with Crippen molar-refractivity contribution in [1.82, 2.24) is 14.6 Å². The Bertz CT molecular complexity index is 1080. The molecule has 0 spiro atoms. The molecular formula is C17H14F3N5O3. The predicted octanol–water partition coefficient (Wildman–Crippen LogP) is 2.54. The van der Waals surface area contributed by atoms with Crippen molar-refractivity contribution in [3.8, 4) is 5.75 Å². The van der Waals surface area contributed by atoms with E-state index >= 15 is 0 Å². The molecule has 0 aliphatic rings. The number of aromatic nitrogens is 3. The first-order chi connectivity index (χ1) is 13.2. The fourth-order valence-electron chi connectivity index (χ4n) is 2.41. The van der Waals surface area contributed by atoms with Crippen LogP contribution in [-0.4, -0.2) is 33.5 Å². The first-order valence-corrected chi connectivity index (χ1v) is 7.82. The molecule has 0 saturated carbocycles. The van der Waals surface area contributed by atoms with E-state index in [0.29, 0.717) is 10.3 Å². The molecule has 2 N–H and O–H groups in total. The number of oxime groups is 1. The molecule has 2 heterocycles. The number of carbonyl (C=O) groups excluding carboxylic acids is 1. The zero-order valence-corrected chi connectivity index (χ0v) is 14.7. The molecular weight excluding hydrogens is 379 g/mol. The number of carbonyl (C=O) groups is 1. The number of fused-ring (bicyclic) bond motifs is 1. The molecule has 0 aliphatic carbocycles. The van der Waals surface area contributed by atoms with E-state index in [0.717, 1.165) is 12.3 Å². The highest BCUT2D eigenvalue weighted by Gasteiger charge is 2.35. The van der Waals surface area contributed by atoms with Crippen LogP contribution in [0.5, 0.6) is 5.75 Å². The first kappa shape index (κ1) is 19.1. The molecule has 0 aliphatic heterocycles. The number of benzene rings is 1. The van der Waals surface area contributed by atoms with Crippen molar-refractivity contribution in [3.63, 3.8) is 0 Å². The maximum atomic E-state index is 13.2. The third-order valence-electron chi connectivity index (χ3n) is 3.70. The second-order valence-corrected chi connectivity index (χ2v) is 5.66. The molecule has 146 valence electrons. The Kier molecular flexibility index (Phi) is 4.91. The number of nitrogens with two attached hydrogens (primary N) is 1. The Morgan fingerprint density at radius 3 is 2.71 bits per heavy atom. The molecule has 2 aromatic heterocycles. The topological polar surface area (TPSA) is 104 Å². The fraction of sp³-hybridized carbons (Fsp3) is 0.176. The zero-order chi connectivity index (χ0) is 20.5. The van der Waals surface area contributed by atoms with E-state index in [1.54, 1.807) is 12.1 Å². The average Bonchev–Trinajstić information content (AvgIpc) is 3.08. The molecule has 0 saturated heterocycles. The Morgan fingerprint density at radius 1 is 1.29 bits per heavy atom. The number of nitrogens with zero attached hydrogens (tertiary/aromatic N) is 4. The normalized spacial score (nSPS) is 12.2. The maximum absolute atomic E-state index is 13.2. The van der Waals surface area contributed by atoms with Gasteiger partial charge < -0.3 is 15.3 Å². The van der Waals surface area contributed by atoms with Gasteiger partial charge in [-0.1, -0.05) is 11.2 Å². The van der Waals surface area contributed by atoms with Crippen LogP contribution >= 0.6 is 0 Å². The molecule has 8 nitrogen and oxygen atoms in total. The Balaban J connectivity index is 1.92. The number of aryl methyl sites for hydroxylation is 1. The summed E-state index contributed by atoms with van der Waals surface area (Å²) in [5.74, 6) is -0.732. The van der Waals surface area contributed by atoms with E-state index in [9.17, 15) is 18.0 Å². The van der Waals surface area contributed by atoms with Crippen LogP contribution in [-0.2, 0) is 11.0 Å². The predicted molar refractivity (Wildman–Crippen MR) is 91.9 cm³/mol. The number of hydrogen-bond donors (Lipinski definition) is 1. The summed E-state index contributed by atoms with van der Waals surface area (Å²) in [6.45, 7) is 1.40. The summed E-state index contributed by atoms with van der Waals surface area (Å²) in [6.07, 6.45) is -3.57. The van der Waals surface area contributed by atoms with Gasteiger partial charge in [-0.05, 0) is 31.2 Å². The van der Waals surface area contributed by atoms with Gasteiger partial charge >= 0.3 is 12.1 Å². The van der Waals surface area contributed by atoms with Crippen LogP contribution in [0.1, 0.15) is 27.3 Å². The van der Waals surface area contributed by atoms with Crippen molar-refractivity contribution >= 4 is 17.5 Å². The van der Waals surface area contributed by atoms with Crippen LogP contribution in [0.2, 0.25) is 0 Å². The van der Waals surface area contributed by atoms with Crippen LogP contribution in [0.3, 0.4) is 0 Å². The van der Waals surface area contributed by atoms with Crippen LogP contribution in [0.4, 0.5) is 13.2 Å². The lowest BCUT2D eigenvalue weighted by atomic mass is 10.2. The minimum atomic E-state index is -4.64. The standard InChI is InChI=1S/C17H14F3N5O3/c1-9-6-13(17(18,19)20)25-15(23-9)12(8-22-25)14(21)24-28-16(26)10-4-3-5-11(7-10)27-2/h3-8H,1-2H3,(H2,21,24). The van der Waals surface area contributed by atoms with Gasteiger partial charge in [-0.15, -0.1) is 0 Å². The van der Waals surface area contributed by atoms with Crippen molar-refractivity contribution in [3.05, 3.63) is 59.0 Å². The molecule has 28 heavy (non-hydrogen) atoms. The number of amidine groups is 1. The minimum absolute atomic E-state index is 0.00681. The van der Waals surface area contributed by atoms with E-state index in [4.69, 9.17) is 15.3 Å². The average molecular weight is 393 g/mol. The number of methoxy groups -OCH3 is 1. The maximum Gasteiger partial charge on any atom is 0.433 e. The van der Waals surface area contributed by atoms with Crippen LogP contribution < -0.4 is 10.5 Å². The van der Waals surface area contributed by atoms with Gasteiger partial charge in [-0.25, -0.2) is 14.3 Å². The first-order valence-electron chi connectivity index (χ1n) is 7.82. The second-order valence-electron chi connectivity index (χ2n) is 5.66. The summed E-state index contributed by atoms with van der Waals surface area (Å²) < 4.78 is 45.2. The molecule has 3 rings (SSSR count). The smallest absolute Gasteiger partial charge is 0.433 e. The molecule has 0 radical (unpaired) electrons. The largest absolute Gasteiger partial charge is 0.497 e. The Hall–Kier alpha value is -3.63. The molecule has 0 atom stereocenters. The number of alkyl halides is 3. The van der Waals surface area contributed by atoms with Crippen molar-refractivity contribution < 1.29 is 27.5 Å². The van der Waals surface area contributed by atoms with Gasteiger partial charge in [0.2, 0.25) is 0 Å². The van der Waals surface area contributed by atoms with Crippen molar-refractivity contribution in [2.45, 2.75) is 13.1 Å². The monoisotopic (exact) mass is 393 g/mol. The Morgan fingerprint density at radius 2 is 2.04 bits per heavy atom. The van der Waals surface area contributed by atoms with Gasteiger partial charge in [0.25, 0.3) is 0 Å². The number of rotatable bonds is 4. The van der Waals surface area contributed by atoms with Crippen molar-refractivity contribution in [2.75, 3.05) is 7.11 Å². The number of ether oxygens (including phenoxy) is 1. The summed E-state index contributed by atoms with van der Waals surface area (Å²) in [4.78, 5) is 20.9. The SMILES string of the molecule is COc1cccc(C(=O)O/N=C(\N)c2cnn3c(C(F)(F)F)cc(C)nc23)c1. The van der Waals surface area contributed by atoms with Gasteiger partial charge in [0, 0.05) is 5.69 Å². The van der Waals surface area contributed by atoms with E-state index in [1.807, 2.05) is 0 Å². The molecule has 0 bridgehead atoms. The van der Waals surface area contributed by atoms with Gasteiger partial charge in [0.15, 0.2) is 11.5 Å². The Labute approximate surface area is 156 Å². The molecule has 1 aromatic carbocycles. The van der Waals surface area contributed by atoms with Crippen LogP contribution in [0.15, 0.2) is 41.7 Å². The lowest BCUT2D eigenvalue weighted by Crippen LogP contribution is -2.17. The van der Waals surface area contributed by atoms with Crippen molar-refractivity contribution in [1.29, 1.82) is 0 Å². The highest BCUT2D eigenvalue weighted by Crippen LogP contribution is 2.30. The van der Waals surface area contributed by atoms with Crippen LogP contribution in [0, 0.1) is 6.92 Å². The summed E-state index contributed by atoms with van der Waals surface area (Å²) >= 11 is 0. The number of hydrogen-bond acceptors (Lipinski definition) is 6. The van der Waals surface area contributed by atoms with Gasteiger partial charge in [0.1, 0.15) is 11.4 Å². The molecule has 0 fully saturated rings. The highest BCUT2D eigenvalue weighted by atomic mass is 19.4. The third-order valence-corrected chi connectivity index (χ3v) is 3.70. The summed E-state index contributed by atoms with van der Waals surface area (Å²) in [7, 11) is 1.44. The molecule has 3 aromatic rings. The van der Waals surface area contributed by atoms with Crippen LogP contribution in [0.25, 0.3) is 5.65 Å². The molecule has 0 amide bonds. The zero-order valence-electron chi connectivity index (χ0n) is 14.7. The summed E-state index contributed by atoms with van der Waals surface area (Å²) in [5, 5.41) is 7.17. The van der Waals surface area contributed by atoms with E-state index < -0.39 is 17.8 Å². The van der Waals surface area contributed by atoms with Gasteiger partial charge in [0.05, 0.1) is 24.4 Å². The van der Waals surface area contributed by atoms with E-state index in [2.05, 4.69) is 15.2 Å². The van der Waals surface area contributed by atoms with Crippen molar-refractivity contribution in [2.24, 2.45) is 10.9 Å². The number of halogens is 3. The lowest BCUT2D eigenvalue weighted by Gasteiger charge is -2.09. The summed E-state index contributed by atoms with van der Waals surface area (Å²) in [5.41, 5.74) is 4.86. The fourth-order valence-corrected chi connectivity index (χ4v) is 2.41. The van der Waals surface area contributed by atoms with Gasteiger partial charge in [-0.2, -0.15) is 18.3 Å². The van der Waals surface area contributed by atoms with E-state index in [1.165, 1.54) is 26.2 Å². The highest BCUT2D eigenvalue weighted by molar-refractivity contribution is 6.02. The van der Waals surface area contributed by atoms with E-state index in [-0.39, 0.29) is 28.3 Å². The van der Waals surface area contributed by atoms with Gasteiger partial charge in [-0.3, -0.25) is 0 Å². The molecule has 0 unspecified atom stereocenters. The summed E-state index contributed by atoms with van der Waals surface area (Å²) in [6, 6.07) is 7.00. The minimum Gasteiger partial charge on any atom is -0.497 e. The third kappa shape index (κ3) is 3.72. The second kappa shape index (κ2) is 7.18. The lowest BCUT2D eigenvalue weighted by molar-refractivity contribution is -0.142. The molecule has 11 heteroatoms.